The Kier molecular flexibility index (Phi) is 55.9. The Morgan fingerprint density at radius 1 is 0.456 bits per heavy atom. The van der Waals surface area contributed by atoms with Crippen LogP contribution in [-0.4, -0.2) is 69.4 Å². The summed E-state index contributed by atoms with van der Waals surface area (Å²) >= 11 is 0. The number of hydrogen-bond donors (Lipinski definition) is 1. The number of carbonyl (C=O) groups excluding carboxylic acids is 2. The highest BCUT2D eigenvalue weighted by molar-refractivity contribution is 7.45. The molecule has 10 heteroatoms. The number of unbranched alkanes of at least 4 members (excludes halogenated alkanes) is 28. The van der Waals surface area contributed by atoms with Crippen molar-refractivity contribution in [1.82, 2.24) is 5.32 Å². The monoisotopic (exact) mass is 1120 g/mol. The summed E-state index contributed by atoms with van der Waals surface area (Å²) in [7, 11) is 1.17. The van der Waals surface area contributed by atoms with Crippen molar-refractivity contribution in [3.63, 3.8) is 0 Å². The van der Waals surface area contributed by atoms with Gasteiger partial charge in [0, 0.05) is 12.8 Å². The van der Waals surface area contributed by atoms with Gasteiger partial charge in [-0.15, -0.1) is 0 Å². The van der Waals surface area contributed by atoms with Crippen LogP contribution in [0.25, 0.3) is 0 Å². The van der Waals surface area contributed by atoms with Gasteiger partial charge < -0.3 is 28.5 Å². The van der Waals surface area contributed by atoms with E-state index in [-0.39, 0.29) is 24.9 Å². The van der Waals surface area contributed by atoms with E-state index < -0.39 is 26.6 Å². The number of nitrogens with one attached hydrogen (secondary N) is 1. The molecule has 1 N–H and O–H groups in total. The van der Waals surface area contributed by atoms with Crippen LogP contribution >= 0.6 is 7.82 Å². The first kappa shape index (κ1) is 75.9. The molecule has 0 aromatic heterocycles. The van der Waals surface area contributed by atoms with Crippen LogP contribution in [0.4, 0.5) is 0 Å². The molecular weight excluding hydrogens is 1000 g/mol. The number of nitrogens with zero attached hydrogens (tertiary/aromatic N) is 1. The molecule has 0 saturated carbocycles. The molecule has 0 fully saturated rings. The van der Waals surface area contributed by atoms with Gasteiger partial charge in [0.15, 0.2) is 0 Å². The zero-order valence-electron chi connectivity index (χ0n) is 52.1. The number of phosphoric ester groups is 1. The fourth-order valence-corrected chi connectivity index (χ4v) is 9.71. The molecule has 0 saturated heterocycles. The SMILES string of the molecule is CC/C=C\C/C=C\C/C=C\C/C=C\C/C=C\CCCCCCCCCCCC(=O)OC(/C=C\CCCCCCCCCCC)C(COP(=O)([O-])OCC[N+](C)(C)C)NC(=O)CCCCCCCCC/C=C\C/C=C\CCCCC. The van der Waals surface area contributed by atoms with Crippen LogP contribution < -0.4 is 10.2 Å². The number of esters is 1. The fraction of sp³-hybridized carbons (Fsp3) is 0.739. The maximum atomic E-state index is 13.5. The van der Waals surface area contributed by atoms with E-state index in [1.807, 2.05) is 33.3 Å². The molecule has 0 aromatic carbocycles. The van der Waals surface area contributed by atoms with Crippen molar-refractivity contribution in [2.24, 2.45) is 0 Å². The van der Waals surface area contributed by atoms with Crippen molar-refractivity contribution in [3.05, 3.63) is 97.2 Å². The lowest BCUT2D eigenvalue weighted by Gasteiger charge is -2.30. The first-order valence-electron chi connectivity index (χ1n) is 32.5. The Balaban J connectivity index is 5.14. The third kappa shape index (κ3) is 59.4. The van der Waals surface area contributed by atoms with Gasteiger partial charge in [-0.05, 0) is 109 Å². The number of rotatable bonds is 58. The van der Waals surface area contributed by atoms with Gasteiger partial charge in [0.05, 0.1) is 33.8 Å². The lowest BCUT2D eigenvalue weighted by atomic mass is 10.0. The van der Waals surface area contributed by atoms with Gasteiger partial charge in [-0.3, -0.25) is 14.2 Å². The minimum absolute atomic E-state index is 0.0288. The number of hydrogen-bond acceptors (Lipinski definition) is 7. The minimum atomic E-state index is -4.71. The third-order valence-corrected chi connectivity index (χ3v) is 15.0. The first-order valence-corrected chi connectivity index (χ1v) is 34.0. The zero-order chi connectivity index (χ0) is 57.9. The van der Waals surface area contributed by atoms with Crippen molar-refractivity contribution in [1.29, 1.82) is 0 Å². The van der Waals surface area contributed by atoms with E-state index in [4.69, 9.17) is 13.8 Å². The van der Waals surface area contributed by atoms with Gasteiger partial charge in [-0.25, -0.2) is 0 Å². The molecule has 456 valence electrons. The molecule has 0 aliphatic rings. The summed E-state index contributed by atoms with van der Waals surface area (Å²) in [5, 5.41) is 3.02. The van der Waals surface area contributed by atoms with Gasteiger partial charge in [0.25, 0.3) is 7.82 Å². The molecule has 3 unspecified atom stereocenters. The number of allylic oxidation sites excluding steroid dienone is 15. The van der Waals surface area contributed by atoms with Gasteiger partial charge >= 0.3 is 5.97 Å². The number of ether oxygens (including phenoxy) is 1. The number of carbonyl (C=O) groups is 2. The molecule has 0 spiro atoms. The van der Waals surface area contributed by atoms with Crippen LogP contribution in [0.15, 0.2) is 97.2 Å². The van der Waals surface area contributed by atoms with E-state index in [2.05, 4.69) is 111 Å². The first-order chi connectivity index (χ1) is 38.4. The van der Waals surface area contributed by atoms with Gasteiger partial charge in [-0.2, -0.15) is 0 Å². The zero-order valence-corrected chi connectivity index (χ0v) is 52.9. The normalized spacial score (nSPS) is 14.3. The Labute approximate surface area is 488 Å². The van der Waals surface area contributed by atoms with E-state index in [1.54, 1.807) is 0 Å². The topological polar surface area (TPSA) is 114 Å². The maximum Gasteiger partial charge on any atom is 0.306 e. The fourth-order valence-electron chi connectivity index (χ4n) is 8.99. The maximum absolute atomic E-state index is 13.5. The van der Waals surface area contributed by atoms with Crippen LogP contribution in [0.2, 0.25) is 0 Å². The molecule has 0 rings (SSSR count). The van der Waals surface area contributed by atoms with Crippen molar-refractivity contribution in [2.75, 3.05) is 40.9 Å². The smallest absolute Gasteiger partial charge is 0.306 e. The lowest BCUT2D eigenvalue weighted by Crippen LogP contribution is -2.47. The van der Waals surface area contributed by atoms with Crippen LogP contribution in [0.3, 0.4) is 0 Å². The summed E-state index contributed by atoms with van der Waals surface area (Å²) < 4.78 is 30.3. The van der Waals surface area contributed by atoms with Gasteiger partial charge in [-0.1, -0.05) is 253 Å². The molecule has 0 bridgehead atoms. The second-order valence-corrected chi connectivity index (χ2v) is 24.3. The molecule has 3 atom stereocenters. The van der Waals surface area contributed by atoms with Crippen molar-refractivity contribution >= 4 is 19.7 Å². The average molecular weight is 1120 g/mol. The standard InChI is InChI=1S/C69H123N2O7P/c1-7-10-13-16-19-22-25-27-29-31-32-33-34-35-36-37-38-40-42-44-47-50-53-56-59-62-69(73)78-67(60-57-54-51-48-45-24-21-18-15-12-9-3)66(65-77-79(74,75)76-64-63-71(4,5)6)70-68(72)61-58-55-52-49-46-43-41-39-30-28-26-23-20-17-14-11-8-2/h10,13,19-20,22-23,27-30,32-33,35-36,57,60,66-67H,7-9,11-12,14-18,21,24-26,31,34,37-56,58-59,61-65H2,1-6H3,(H-,70,72,74,75)/b13-10-,22-19-,23-20-,29-27-,30-28-,33-32-,36-35-,60-57-. The van der Waals surface area contributed by atoms with E-state index in [0.29, 0.717) is 17.4 Å². The predicted octanol–water partition coefficient (Wildman–Crippen LogP) is 19.7. The third-order valence-electron chi connectivity index (χ3n) is 14.0. The molecule has 0 radical (unpaired) electrons. The molecule has 0 aromatic rings. The van der Waals surface area contributed by atoms with Crippen molar-refractivity contribution < 1.29 is 37.3 Å². The highest BCUT2D eigenvalue weighted by Crippen LogP contribution is 2.38. The van der Waals surface area contributed by atoms with Crippen LogP contribution in [-0.2, 0) is 27.9 Å². The van der Waals surface area contributed by atoms with E-state index >= 15 is 0 Å². The lowest BCUT2D eigenvalue weighted by molar-refractivity contribution is -0.870. The summed E-state index contributed by atoms with van der Waals surface area (Å²) in [5.74, 6) is -0.558. The van der Waals surface area contributed by atoms with Crippen molar-refractivity contribution in [2.45, 2.75) is 290 Å². The van der Waals surface area contributed by atoms with Crippen LogP contribution in [0, 0.1) is 0 Å². The number of amides is 1. The molecule has 9 nitrogen and oxygen atoms in total. The number of quaternary nitrogens is 1. The predicted molar refractivity (Wildman–Crippen MR) is 339 cm³/mol. The van der Waals surface area contributed by atoms with Crippen molar-refractivity contribution in [3.8, 4) is 0 Å². The molecule has 79 heavy (non-hydrogen) atoms. The Bertz CT molecular complexity index is 1670. The summed E-state index contributed by atoms with van der Waals surface area (Å²) in [6.07, 6.45) is 78.0. The summed E-state index contributed by atoms with van der Waals surface area (Å²) in [5.41, 5.74) is 0. The second-order valence-electron chi connectivity index (χ2n) is 22.9. The molecular formula is C69H123N2O7P. The molecule has 0 aliphatic heterocycles. The van der Waals surface area contributed by atoms with Gasteiger partial charge in [0.1, 0.15) is 19.3 Å². The largest absolute Gasteiger partial charge is 0.756 e. The number of phosphoric acid groups is 1. The van der Waals surface area contributed by atoms with E-state index in [9.17, 15) is 19.0 Å². The van der Waals surface area contributed by atoms with Crippen LogP contribution in [0.1, 0.15) is 278 Å². The minimum Gasteiger partial charge on any atom is -0.756 e. The quantitative estimate of drug-likeness (QED) is 0.0212. The summed E-state index contributed by atoms with van der Waals surface area (Å²) in [4.78, 5) is 40.0. The van der Waals surface area contributed by atoms with E-state index in [0.717, 1.165) is 122 Å². The number of likely N-dealkylation sites (N-methyl/N-ethyl adjacent to an activating group) is 1. The van der Waals surface area contributed by atoms with E-state index in [1.165, 1.54) is 122 Å². The Morgan fingerprint density at radius 2 is 0.810 bits per heavy atom. The summed E-state index contributed by atoms with van der Waals surface area (Å²) in [6, 6.07) is -0.900. The Hall–Kier alpha value is -3.07. The molecule has 1 amide bonds. The second kappa shape index (κ2) is 58.1. The van der Waals surface area contributed by atoms with Crippen LogP contribution in [0.5, 0.6) is 0 Å². The van der Waals surface area contributed by atoms with Gasteiger partial charge in [0.2, 0.25) is 5.91 Å². The summed E-state index contributed by atoms with van der Waals surface area (Å²) in [6.45, 7) is 6.69. The Morgan fingerprint density at radius 3 is 1.24 bits per heavy atom. The molecule has 0 aliphatic carbocycles. The molecule has 0 heterocycles. The average Bonchev–Trinajstić information content (AvgIpc) is 3.41. The highest BCUT2D eigenvalue weighted by Gasteiger charge is 2.27. The highest BCUT2D eigenvalue weighted by atomic mass is 31.2.